The number of benzene rings is 1. The second-order valence-corrected chi connectivity index (χ2v) is 10.7. The summed E-state index contributed by atoms with van der Waals surface area (Å²) >= 11 is 0. The van der Waals surface area contributed by atoms with Gasteiger partial charge in [-0.25, -0.2) is 13.4 Å². The first-order chi connectivity index (χ1) is 13.2. The number of fused-ring (bicyclic) bond motifs is 1. The molecule has 1 fully saturated rings. The number of para-hydroxylation sites is 1. The van der Waals surface area contributed by atoms with Crippen molar-refractivity contribution in [2.75, 3.05) is 43.4 Å². The van der Waals surface area contributed by atoms with Crippen LogP contribution >= 0.6 is 0 Å². The van der Waals surface area contributed by atoms with Gasteiger partial charge in [0.1, 0.15) is 6.54 Å². The molecule has 0 bridgehead atoms. The highest BCUT2D eigenvalue weighted by Gasteiger charge is 2.41. The highest BCUT2D eigenvalue weighted by Crippen LogP contribution is 2.27. The first-order valence-electron chi connectivity index (χ1n) is 9.89. The summed E-state index contributed by atoms with van der Waals surface area (Å²) in [6.45, 7) is 7.60. The summed E-state index contributed by atoms with van der Waals surface area (Å²) in [5.41, 5.74) is 2.17. The largest absolute Gasteiger partial charge is 0.357 e. The summed E-state index contributed by atoms with van der Waals surface area (Å²) in [4.78, 5) is 21.2. The van der Waals surface area contributed by atoms with Gasteiger partial charge in [0.05, 0.1) is 10.5 Å². The van der Waals surface area contributed by atoms with E-state index in [2.05, 4.69) is 16.4 Å². The van der Waals surface area contributed by atoms with Crippen molar-refractivity contribution < 1.29 is 13.2 Å². The fourth-order valence-corrected chi connectivity index (χ4v) is 5.14. The summed E-state index contributed by atoms with van der Waals surface area (Å²) in [5, 5.41) is 3.21. The van der Waals surface area contributed by atoms with Crippen molar-refractivity contribution in [1.82, 2.24) is 10.2 Å². The number of hydrogen-bond donors (Lipinski definition) is 1. The number of nitrogens with one attached hydrogen (secondary N) is 1. The van der Waals surface area contributed by atoms with Gasteiger partial charge >= 0.3 is 0 Å². The SMILES string of the molecule is CCNC(=NCC(=O)N1CCCc2ccccc21)N1CCS(=O)(=O)C(C)(C)C1. The van der Waals surface area contributed by atoms with Crippen LogP contribution in [0, 0.1) is 0 Å². The maximum Gasteiger partial charge on any atom is 0.248 e. The summed E-state index contributed by atoms with van der Waals surface area (Å²) in [7, 11) is -3.12. The van der Waals surface area contributed by atoms with Crippen molar-refractivity contribution in [2.24, 2.45) is 4.99 Å². The summed E-state index contributed by atoms with van der Waals surface area (Å²) in [5.74, 6) is 0.660. The van der Waals surface area contributed by atoms with E-state index in [1.807, 2.05) is 34.9 Å². The predicted molar refractivity (Wildman–Crippen MR) is 113 cm³/mol. The smallest absolute Gasteiger partial charge is 0.248 e. The molecule has 1 amide bonds. The number of aliphatic imine (C=N–C) groups is 1. The maximum absolute atomic E-state index is 12.9. The van der Waals surface area contributed by atoms with Gasteiger partial charge in [-0.05, 0) is 45.2 Å². The van der Waals surface area contributed by atoms with Crippen LogP contribution < -0.4 is 10.2 Å². The molecule has 1 aromatic carbocycles. The Morgan fingerprint density at radius 3 is 2.71 bits per heavy atom. The molecule has 3 rings (SSSR count). The lowest BCUT2D eigenvalue weighted by atomic mass is 10.0. The molecule has 0 unspecified atom stereocenters. The second-order valence-electron chi connectivity index (χ2n) is 7.95. The van der Waals surface area contributed by atoms with E-state index in [4.69, 9.17) is 0 Å². The van der Waals surface area contributed by atoms with Crippen molar-refractivity contribution in [2.45, 2.75) is 38.4 Å². The Balaban J connectivity index is 1.74. The summed E-state index contributed by atoms with van der Waals surface area (Å²) in [6, 6.07) is 8.01. The van der Waals surface area contributed by atoms with E-state index in [0.29, 0.717) is 32.1 Å². The lowest BCUT2D eigenvalue weighted by Gasteiger charge is -2.39. The van der Waals surface area contributed by atoms with Crippen molar-refractivity contribution >= 4 is 27.4 Å². The molecule has 154 valence electrons. The number of aryl methyl sites for hydroxylation is 1. The molecule has 2 heterocycles. The van der Waals surface area contributed by atoms with Crippen LogP contribution in [0.1, 0.15) is 32.8 Å². The third-order valence-corrected chi connectivity index (χ3v) is 7.99. The Kier molecular flexibility index (Phi) is 5.98. The van der Waals surface area contributed by atoms with E-state index < -0.39 is 14.6 Å². The van der Waals surface area contributed by atoms with Gasteiger partial charge in [-0.2, -0.15) is 0 Å². The van der Waals surface area contributed by atoms with Crippen LogP contribution in [0.15, 0.2) is 29.3 Å². The van der Waals surface area contributed by atoms with Crippen LogP contribution in [0.5, 0.6) is 0 Å². The van der Waals surface area contributed by atoms with Crippen LogP contribution in [0.2, 0.25) is 0 Å². The molecule has 1 aromatic rings. The van der Waals surface area contributed by atoms with Gasteiger partial charge in [-0.1, -0.05) is 18.2 Å². The molecule has 1 N–H and O–H groups in total. The van der Waals surface area contributed by atoms with Crippen molar-refractivity contribution in [3.8, 4) is 0 Å². The van der Waals surface area contributed by atoms with E-state index in [1.165, 1.54) is 5.56 Å². The van der Waals surface area contributed by atoms with Gasteiger partial charge in [-0.3, -0.25) is 4.79 Å². The lowest BCUT2D eigenvalue weighted by Crippen LogP contribution is -2.57. The fourth-order valence-electron chi connectivity index (χ4n) is 3.77. The van der Waals surface area contributed by atoms with E-state index in [1.54, 1.807) is 13.8 Å². The monoisotopic (exact) mass is 406 g/mol. The standard InChI is InChI=1S/C20H30N4O3S/c1-4-21-19(23-12-13-28(26,27)20(2,3)15-23)22-14-18(25)24-11-7-9-16-8-5-6-10-17(16)24/h5-6,8,10H,4,7,9,11-15H2,1-3H3,(H,21,22). The molecule has 8 heteroatoms. The van der Waals surface area contributed by atoms with Crippen molar-refractivity contribution in [3.05, 3.63) is 29.8 Å². The lowest BCUT2D eigenvalue weighted by molar-refractivity contribution is -0.117. The number of rotatable bonds is 3. The zero-order chi connectivity index (χ0) is 20.4. The average molecular weight is 407 g/mol. The third kappa shape index (κ3) is 4.16. The summed E-state index contributed by atoms with van der Waals surface area (Å²) in [6.07, 6.45) is 1.94. The number of amides is 1. The van der Waals surface area contributed by atoms with Gasteiger partial charge in [-0.15, -0.1) is 0 Å². The Labute approximate surface area is 167 Å². The number of guanidine groups is 1. The molecule has 2 aliphatic rings. The van der Waals surface area contributed by atoms with E-state index in [0.717, 1.165) is 18.5 Å². The fraction of sp³-hybridized carbons (Fsp3) is 0.600. The van der Waals surface area contributed by atoms with Gasteiger partial charge in [0.25, 0.3) is 0 Å². The number of carbonyl (C=O) groups is 1. The predicted octanol–water partition coefficient (Wildman–Crippen LogP) is 1.44. The third-order valence-electron chi connectivity index (χ3n) is 5.45. The molecule has 0 aliphatic carbocycles. The minimum absolute atomic E-state index is 0.0357. The first-order valence-corrected chi connectivity index (χ1v) is 11.5. The molecule has 7 nitrogen and oxygen atoms in total. The minimum Gasteiger partial charge on any atom is -0.357 e. The average Bonchev–Trinajstić information content (AvgIpc) is 2.66. The molecule has 0 atom stereocenters. The molecule has 2 aliphatic heterocycles. The molecule has 1 saturated heterocycles. The maximum atomic E-state index is 12.9. The zero-order valence-electron chi connectivity index (χ0n) is 16.9. The zero-order valence-corrected chi connectivity index (χ0v) is 17.8. The summed E-state index contributed by atoms with van der Waals surface area (Å²) < 4.78 is 23.7. The Bertz CT molecular complexity index is 864. The Hall–Kier alpha value is -2.09. The van der Waals surface area contributed by atoms with Gasteiger partial charge in [0.15, 0.2) is 15.8 Å². The number of anilines is 1. The van der Waals surface area contributed by atoms with E-state index >= 15 is 0 Å². The molecule has 0 saturated carbocycles. The van der Waals surface area contributed by atoms with Crippen LogP contribution in [0.25, 0.3) is 0 Å². The molecule has 0 spiro atoms. The van der Waals surface area contributed by atoms with Gasteiger partial charge in [0.2, 0.25) is 5.91 Å². The molecular weight excluding hydrogens is 376 g/mol. The van der Waals surface area contributed by atoms with Crippen LogP contribution in [0.4, 0.5) is 5.69 Å². The normalized spacial score (nSPS) is 21.2. The molecule has 0 aromatic heterocycles. The number of hydrogen-bond acceptors (Lipinski definition) is 4. The number of carbonyl (C=O) groups excluding carboxylic acids is 1. The van der Waals surface area contributed by atoms with Crippen LogP contribution in [0.3, 0.4) is 0 Å². The van der Waals surface area contributed by atoms with Crippen molar-refractivity contribution in [3.63, 3.8) is 0 Å². The molecule has 0 radical (unpaired) electrons. The van der Waals surface area contributed by atoms with Gasteiger partial charge < -0.3 is 15.1 Å². The van der Waals surface area contributed by atoms with Crippen LogP contribution in [-0.2, 0) is 21.1 Å². The topological polar surface area (TPSA) is 82.1 Å². The number of nitrogens with zero attached hydrogens (tertiary/aromatic N) is 3. The quantitative estimate of drug-likeness (QED) is 0.607. The highest BCUT2D eigenvalue weighted by atomic mass is 32.2. The van der Waals surface area contributed by atoms with E-state index in [-0.39, 0.29) is 18.2 Å². The molecular formula is C20H30N4O3S. The van der Waals surface area contributed by atoms with Gasteiger partial charge in [0, 0.05) is 31.9 Å². The van der Waals surface area contributed by atoms with E-state index in [9.17, 15) is 13.2 Å². The number of sulfone groups is 1. The Morgan fingerprint density at radius 2 is 2.00 bits per heavy atom. The second kappa shape index (κ2) is 8.11. The highest BCUT2D eigenvalue weighted by molar-refractivity contribution is 7.92. The van der Waals surface area contributed by atoms with Crippen LogP contribution in [-0.4, -0.2) is 68.4 Å². The molecule has 28 heavy (non-hydrogen) atoms. The Morgan fingerprint density at radius 1 is 1.25 bits per heavy atom. The first kappa shape index (κ1) is 20.6. The van der Waals surface area contributed by atoms with Crippen molar-refractivity contribution in [1.29, 1.82) is 0 Å². The minimum atomic E-state index is -3.12.